The molecular weight excluding hydrogens is 369 g/mol. The van der Waals surface area contributed by atoms with Gasteiger partial charge in [0.2, 0.25) is 0 Å². The van der Waals surface area contributed by atoms with Gasteiger partial charge in [0.05, 0.1) is 12.1 Å². The maximum atomic E-state index is 13.2. The van der Waals surface area contributed by atoms with Crippen LogP contribution in [-0.2, 0) is 23.1 Å². The second kappa shape index (κ2) is 6.32. The van der Waals surface area contributed by atoms with Crippen molar-refractivity contribution in [2.24, 2.45) is 0 Å². The molecule has 0 aliphatic carbocycles. The molecule has 136 valence electrons. The van der Waals surface area contributed by atoms with Gasteiger partial charge in [0.15, 0.2) is 0 Å². The Balaban J connectivity index is 1.96. The lowest BCUT2D eigenvalue weighted by atomic mass is 9.92. The monoisotopic (exact) mass is 382 g/mol. The number of halogens is 4. The lowest BCUT2D eigenvalue weighted by Gasteiger charge is -2.23. The van der Waals surface area contributed by atoms with Crippen LogP contribution >= 0.6 is 11.6 Å². The number of carbonyl (C=O) groups excluding carboxylic acids is 2. The van der Waals surface area contributed by atoms with E-state index in [-0.39, 0.29) is 10.6 Å². The van der Waals surface area contributed by atoms with Crippen LogP contribution in [0.2, 0.25) is 5.02 Å². The minimum atomic E-state index is -4.58. The van der Waals surface area contributed by atoms with Crippen molar-refractivity contribution in [3.05, 3.63) is 70.2 Å². The lowest BCUT2D eigenvalue weighted by molar-refractivity contribution is -0.139. The summed E-state index contributed by atoms with van der Waals surface area (Å²) in [6, 6.07) is 10.6. The molecule has 1 aliphatic rings. The smallest absolute Gasteiger partial charge is 0.319 e. The van der Waals surface area contributed by atoms with Gasteiger partial charge in [-0.25, -0.2) is 4.79 Å². The number of carbonyl (C=O) groups is 2. The third kappa shape index (κ3) is 3.03. The van der Waals surface area contributed by atoms with Crippen LogP contribution in [0.1, 0.15) is 23.6 Å². The zero-order chi connectivity index (χ0) is 19.1. The Hall–Kier alpha value is -2.54. The van der Waals surface area contributed by atoms with E-state index < -0.39 is 35.8 Å². The van der Waals surface area contributed by atoms with E-state index >= 15 is 0 Å². The molecule has 0 spiro atoms. The molecule has 0 aromatic heterocycles. The van der Waals surface area contributed by atoms with Gasteiger partial charge in [0.1, 0.15) is 5.54 Å². The molecule has 1 N–H and O–H groups in total. The summed E-state index contributed by atoms with van der Waals surface area (Å²) in [7, 11) is 0. The third-order valence-corrected chi connectivity index (χ3v) is 4.67. The molecule has 8 heteroatoms. The Bertz CT molecular complexity index is 885. The van der Waals surface area contributed by atoms with E-state index in [0.29, 0.717) is 5.56 Å². The molecule has 1 heterocycles. The van der Waals surface area contributed by atoms with Crippen molar-refractivity contribution in [3.63, 3.8) is 0 Å². The SMILES string of the molecule is C[C@@]1(c2ccccc2Cl)NC(=O)N(Cc2ccccc2C(F)(F)F)C1=O. The molecule has 1 fully saturated rings. The highest BCUT2D eigenvalue weighted by molar-refractivity contribution is 6.32. The van der Waals surface area contributed by atoms with Crippen LogP contribution in [0.25, 0.3) is 0 Å². The summed E-state index contributed by atoms with van der Waals surface area (Å²) in [6.45, 7) is 0.991. The van der Waals surface area contributed by atoms with Gasteiger partial charge in [-0.2, -0.15) is 13.2 Å². The topological polar surface area (TPSA) is 49.4 Å². The van der Waals surface area contributed by atoms with E-state index in [1.54, 1.807) is 24.3 Å². The Morgan fingerprint density at radius 2 is 1.69 bits per heavy atom. The van der Waals surface area contributed by atoms with E-state index in [4.69, 9.17) is 11.6 Å². The van der Waals surface area contributed by atoms with Crippen molar-refractivity contribution >= 4 is 23.5 Å². The zero-order valence-electron chi connectivity index (χ0n) is 13.6. The van der Waals surface area contributed by atoms with Gasteiger partial charge in [0, 0.05) is 10.6 Å². The predicted octanol–water partition coefficient (Wildman–Crippen LogP) is 4.33. The normalized spacial score (nSPS) is 20.4. The average Bonchev–Trinajstić information content (AvgIpc) is 2.79. The summed E-state index contributed by atoms with van der Waals surface area (Å²) in [5.74, 6) is -0.660. The van der Waals surface area contributed by atoms with E-state index in [1.807, 2.05) is 0 Å². The number of hydrogen-bond acceptors (Lipinski definition) is 2. The van der Waals surface area contributed by atoms with Gasteiger partial charge >= 0.3 is 12.2 Å². The van der Waals surface area contributed by atoms with E-state index in [2.05, 4.69) is 5.32 Å². The Labute approximate surface area is 152 Å². The molecule has 1 atom stereocenters. The first-order valence-electron chi connectivity index (χ1n) is 7.69. The van der Waals surface area contributed by atoms with Crippen LogP contribution < -0.4 is 5.32 Å². The van der Waals surface area contributed by atoms with Crippen molar-refractivity contribution in [2.45, 2.75) is 25.2 Å². The van der Waals surface area contributed by atoms with Gasteiger partial charge in [-0.3, -0.25) is 9.69 Å². The summed E-state index contributed by atoms with van der Waals surface area (Å²) in [6.07, 6.45) is -4.58. The van der Waals surface area contributed by atoms with Crippen LogP contribution in [0.5, 0.6) is 0 Å². The average molecular weight is 383 g/mol. The minimum Gasteiger partial charge on any atom is -0.319 e. The second-order valence-corrected chi connectivity index (χ2v) is 6.49. The number of nitrogens with one attached hydrogen (secondary N) is 1. The molecule has 2 aromatic rings. The number of alkyl halides is 3. The van der Waals surface area contributed by atoms with Gasteiger partial charge in [-0.15, -0.1) is 0 Å². The van der Waals surface area contributed by atoms with Crippen LogP contribution in [0.4, 0.5) is 18.0 Å². The Morgan fingerprint density at radius 3 is 2.35 bits per heavy atom. The van der Waals surface area contributed by atoms with Gasteiger partial charge in [-0.1, -0.05) is 48.0 Å². The fraction of sp³-hybridized carbons (Fsp3) is 0.222. The molecule has 0 bridgehead atoms. The van der Waals surface area contributed by atoms with Crippen LogP contribution in [0, 0.1) is 0 Å². The van der Waals surface area contributed by atoms with E-state index in [9.17, 15) is 22.8 Å². The number of hydrogen-bond donors (Lipinski definition) is 1. The van der Waals surface area contributed by atoms with Crippen molar-refractivity contribution in [1.29, 1.82) is 0 Å². The fourth-order valence-corrected chi connectivity index (χ4v) is 3.32. The second-order valence-electron chi connectivity index (χ2n) is 6.08. The number of urea groups is 1. The van der Waals surface area contributed by atoms with Gasteiger partial charge in [0.25, 0.3) is 5.91 Å². The molecule has 1 saturated heterocycles. The summed E-state index contributed by atoms with van der Waals surface area (Å²) in [5, 5.41) is 2.82. The number of rotatable bonds is 3. The summed E-state index contributed by atoms with van der Waals surface area (Å²) >= 11 is 6.13. The van der Waals surface area contributed by atoms with E-state index in [0.717, 1.165) is 11.0 Å². The number of nitrogens with zero attached hydrogens (tertiary/aromatic N) is 1. The molecule has 0 radical (unpaired) electrons. The van der Waals surface area contributed by atoms with E-state index in [1.165, 1.54) is 25.1 Å². The van der Waals surface area contributed by atoms with Crippen LogP contribution in [-0.4, -0.2) is 16.8 Å². The first-order valence-corrected chi connectivity index (χ1v) is 8.06. The number of imide groups is 1. The molecule has 26 heavy (non-hydrogen) atoms. The van der Waals surface area contributed by atoms with Crippen molar-refractivity contribution in [1.82, 2.24) is 10.2 Å². The molecule has 3 amide bonds. The molecule has 4 nitrogen and oxygen atoms in total. The minimum absolute atomic E-state index is 0.160. The molecule has 0 saturated carbocycles. The summed E-state index contributed by atoms with van der Waals surface area (Å²) < 4.78 is 39.5. The first kappa shape index (κ1) is 18.3. The molecule has 0 unspecified atom stereocenters. The highest BCUT2D eigenvalue weighted by Crippen LogP contribution is 2.36. The third-order valence-electron chi connectivity index (χ3n) is 4.34. The zero-order valence-corrected chi connectivity index (χ0v) is 14.4. The Morgan fingerprint density at radius 1 is 1.08 bits per heavy atom. The van der Waals surface area contributed by atoms with Gasteiger partial charge < -0.3 is 5.32 Å². The lowest BCUT2D eigenvalue weighted by Crippen LogP contribution is -2.41. The van der Waals surface area contributed by atoms with Gasteiger partial charge in [-0.05, 0) is 24.6 Å². The maximum Gasteiger partial charge on any atom is 0.416 e. The molecule has 3 rings (SSSR count). The maximum absolute atomic E-state index is 13.2. The first-order chi connectivity index (χ1) is 12.1. The number of amides is 3. The van der Waals surface area contributed by atoms with Crippen molar-refractivity contribution < 1.29 is 22.8 Å². The standard InChI is InChI=1S/C18H14ClF3N2O2/c1-17(13-8-4-5-9-14(13)19)15(25)24(16(26)23-17)10-11-6-2-3-7-12(11)18(20,21)22/h2-9H,10H2,1H3,(H,23,26)/t17-/m0/s1. The van der Waals surface area contributed by atoms with Crippen LogP contribution in [0.3, 0.4) is 0 Å². The summed E-state index contributed by atoms with van der Waals surface area (Å²) in [4.78, 5) is 26.0. The van der Waals surface area contributed by atoms with Crippen molar-refractivity contribution in [3.8, 4) is 0 Å². The molecular formula is C18H14ClF3N2O2. The fourth-order valence-electron chi connectivity index (χ4n) is 2.99. The number of benzene rings is 2. The predicted molar refractivity (Wildman–Crippen MR) is 89.3 cm³/mol. The molecule has 2 aromatic carbocycles. The quantitative estimate of drug-likeness (QED) is 0.803. The molecule has 1 aliphatic heterocycles. The Kier molecular flexibility index (Phi) is 4.44. The highest BCUT2D eigenvalue weighted by Gasteiger charge is 2.50. The highest BCUT2D eigenvalue weighted by atomic mass is 35.5. The van der Waals surface area contributed by atoms with Crippen molar-refractivity contribution in [2.75, 3.05) is 0 Å². The largest absolute Gasteiger partial charge is 0.416 e. The summed E-state index contributed by atoms with van der Waals surface area (Å²) in [5.41, 5.74) is -2.10. The van der Waals surface area contributed by atoms with Crippen LogP contribution in [0.15, 0.2) is 48.5 Å².